The zero-order chi connectivity index (χ0) is 34.8. The molecule has 21 heteroatoms. The molecule has 0 fully saturated rings. The number of carbonyl (C=O) groups excluding carboxylic acids is 4. The standard InChI is InChI=1S/C26H23B2F6N3O10/c29-25(30,31)15-4-11(6-17-13(15)9-46-27(17)44)21(39)35-8-20(23(41)36-19(24(42)43)2-1-3-38)37-22(40)12-5-16(26(32,33)34)14-10-47-28(45)18(14)7-12/h3-7,19-20,44-45H,1-2,8-10H2,(H,35,39)(H,36,41)(H,37,40)(H,42,43)/t19?,20-/m0/s1. The number of nitrogens with one attached hydrogen (secondary N) is 3. The van der Waals surface area contributed by atoms with Crippen molar-refractivity contribution in [2.24, 2.45) is 0 Å². The third kappa shape index (κ3) is 7.92. The van der Waals surface area contributed by atoms with Crippen LogP contribution in [-0.4, -0.2) is 78.0 Å². The fourth-order valence-corrected chi connectivity index (χ4v) is 4.94. The lowest BCUT2D eigenvalue weighted by atomic mass is 9.77. The van der Waals surface area contributed by atoms with Gasteiger partial charge in [0.1, 0.15) is 18.4 Å². The Morgan fingerprint density at radius 2 is 1.30 bits per heavy atom. The van der Waals surface area contributed by atoms with Gasteiger partial charge in [0, 0.05) is 24.1 Å². The summed E-state index contributed by atoms with van der Waals surface area (Å²) in [5.74, 6) is -5.51. The molecule has 250 valence electrons. The van der Waals surface area contributed by atoms with Crippen molar-refractivity contribution in [3.05, 3.63) is 57.6 Å². The van der Waals surface area contributed by atoms with Crippen molar-refractivity contribution in [2.75, 3.05) is 6.54 Å². The van der Waals surface area contributed by atoms with Crippen LogP contribution in [0.2, 0.25) is 0 Å². The van der Waals surface area contributed by atoms with Crippen molar-refractivity contribution in [1.29, 1.82) is 0 Å². The van der Waals surface area contributed by atoms with Crippen LogP contribution in [0.1, 0.15) is 55.8 Å². The number of carboxylic acids is 1. The summed E-state index contributed by atoms with van der Waals surface area (Å²) in [5.41, 5.74) is -5.57. The van der Waals surface area contributed by atoms with Crippen LogP contribution in [0.4, 0.5) is 26.3 Å². The molecule has 47 heavy (non-hydrogen) atoms. The second-order valence-electron chi connectivity index (χ2n) is 10.4. The maximum absolute atomic E-state index is 13.8. The van der Waals surface area contributed by atoms with Crippen molar-refractivity contribution < 1.29 is 74.8 Å². The Kier molecular flexibility index (Phi) is 10.3. The second-order valence-corrected chi connectivity index (χ2v) is 10.4. The summed E-state index contributed by atoms with van der Waals surface area (Å²) in [6.07, 6.45) is -10.3. The van der Waals surface area contributed by atoms with E-state index in [2.05, 4.69) is 10.6 Å². The Morgan fingerprint density at radius 1 is 0.809 bits per heavy atom. The number of benzene rings is 2. The molecule has 6 N–H and O–H groups in total. The molecule has 0 aliphatic carbocycles. The van der Waals surface area contributed by atoms with E-state index in [1.807, 2.05) is 5.32 Å². The molecule has 13 nitrogen and oxygen atoms in total. The van der Waals surface area contributed by atoms with Gasteiger partial charge in [0.05, 0.1) is 24.3 Å². The van der Waals surface area contributed by atoms with Gasteiger partial charge in [-0.15, -0.1) is 0 Å². The number of hydrogen-bond donors (Lipinski definition) is 6. The minimum atomic E-state index is -5.00. The SMILES string of the molecule is O=CCCC(NC(=O)[C@H](CNC(=O)c1cc2c(c(C(F)(F)F)c1)COB2O)NC(=O)c1cc2c(c(C(F)(F)F)c1)COB2O)C(=O)O. The van der Waals surface area contributed by atoms with Crippen LogP contribution in [-0.2, 0) is 49.3 Å². The molecule has 0 bridgehead atoms. The number of hydrogen-bond acceptors (Lipinski definition) is 9. The number of aldehydes is 1. The molecule has 2 atom stereocenters. The fourth-order valence-electron chi connectivity index (χ4n) is 4.94. The molecule has 1 unspecified atom stereocenters. The zero-order valence-corrected chi connectivity index (χ0v) is 23.7. The van der Waals surface area contributed by atoms with E-state index in [-0.39, 0.29) is 17.3 Å². The largest absolute Gasteiger partial charge is 0.491 e. The number of aliphatic carboxylic acids is 1. The summed E-state index contributed by atoms with van der Waals surface area (Å²) in [5, 5.41) is 35.5. The molecule has 3 amide bonds. The lowest BCUT2D eigenvalue weighted by Crippen LogP contribution is -2.55. The molecule has 4 rings (SSSR count). The van der Waals surface area contributed by atoms with E-state index in [0.717, 1.165) is 12.1 Å². The smallest absolute Gasteiger partial charge is 0.480 e. The molecular weight excluding hydrogens is 650 g/mol. The molecule has 0 radical (unpaired) electrons. The van der Waals surface area contributed by atoms with Gasteiger partial charge in [0.25, 0.3) is 11.8 Å². The maximum Gasteiger partial charge on any atom is 0.491 e. The highest BCUT2D eigenvalue weighted by Crippen LogP contribution is 2.35. The van der Waals surface area contributed by atoms with Crippen molar-refractivity contribution in [2.45, 2.75) is 50.5 Å². The van der Waals surface area contributed by atoms with Crippen LogP contribution in [0.15, 0.2) is 24.3 Å². The van der Waals surface area contributed by atoms with Crippen LogP contribution in [0.5, 0.6) is 0 Å². The van der Waals surface area contributed by atoms with Crippen molar-refractivity contribution in [3.63, 3.8) is 0 Å². The van der Waals surface area contributed by atoms with Gasteiger partial charge < -0.3 is 45.2 Å². The van der Waals surface area contributed by atoms with Gasteiger partial charge in [-0.2, -0.15) is 26.3 Å². The van der Waals surface area contributed by atoms with E-state index in [4.69, 9.17) is 9.31 Å². The number of amides is 3. The first-order chi connectivity index (χ1) is 21.9. The van der Waals surface area contributed by atoms with E-state index in [1.165, 1.54) is 0 Å². The number of alkyl halides is 6. The molecule has 2 aliphatic heterocycles. The molecule has 2 aromatic rings. The molecule has 0 spiro atoms. The average molecular weight is 673 g/mol. The quantitative estimate of drug-likeness (QED) is 0.100. The van der Waals surface area contributed by atoms with E-state index in [0.29, 0.717) is 18.4 Å². The maximum atomic E-state index is 13.8. The summed E-state index contributed by atoms with van der Waals surface area (Å²) in [6, 6.07) is -0.991. The van der Waals surface area contributed by atoms with Gasteiger partial charge in [-0.05, 0) is 52.7 Å². The molecule has 2 heterocycles. The molecule has 0 saturated heterocycles. The van der Waals surface area contributed by atoms with Crippen molar-refractivity contribution in [1.82, 2.24) is 16.0 Å². The Hall–Kier alpha value is -4.46. The van der Waals surface area contributed by atoms with E-state index < -0.39 is 122 Å². The van der Waals surface area contributed by atoms with Gasteiger partial charge in [-0.25, -0.2) is 4.79 Å². The minimum absolute atomic E-state index is 0.319. The summed E-state index contributed by atoms with van der Waals surface area (Å²) in [4.78, 5) is 61.6. The molecule has 2 aliphatic rings. The predicted octanol–water partition coefficient (Wildman–Crippen LogP) is -0.763. The normalized spacial score (nSPS) is 15.4. The van der Waals surface area contributed by atoms with Crippen molar-refractivity contribution in [3.8, 4) is 0 Å². The summed E-state index contributed by atoms with van der Waals surface area (Å²) in [6.45, 7) is -2.15. The zero-order valence-electron chi connectivity index (χ0n) is 23.7. The first kappa shape index (κ1) is 35.4. The van der Waals surface area contributed by atoms with Gasteiger partial charge in [-0.3, -0.25) is 14.4 Å². The highest BCUT2D eigenvalue weighted by molar-refractivity contribution is 6.62. The number of carboxylic acid groups (broad SMARTS) is 1. The molecule has 0 saturated carbocycles. The lowest BCUT2D eigenvalue weighted by Gasteiger charge is -2.22. The first-order valence-corrected chi connectivity index (χ1v) is 13.6. The fraction of sp³-hybridized carbons (Fsp3) is 0.346. The molecular formula is C26H23B2F6N3O10. The van der Waals surface area contributed by atoms with E-state index in [1.54, 1.807) is 0 Å². The summed E-state index contributed by atoms with van der Waals surface area (Å²) in [7, 11) is -3.60. The number of carbonyl (C=O) groups is 5. The predicted molar refractivity (Wildman–Crippen MR) is 146 cm³/mol. The highest BCUT2D eigenvalue weighted by Gasteiger charge is 2.42. The average Bonchev–Trinajstić information content (AvgIpc) is 3.56. The lowest BCUT2D eigenvalue weighted by molar-refractivity contribution is -0.142. The van der Waals surface area contributed by atoms with Crippen LogP contribution in [0, 0.1) is 0 Å². The number of rotatable bonds is 11. The summed E-state index contributed by atoms with van der Waals surface area (Å²) >= 11 is 0. The van der Waals surface area contributed by atoms with Crippen molar-refractivity contribution >= 4 is 55.1 Å². The third-order valence-electron chi connectivity index (χ3n) is 7.28. The van der Waals surface area contributed by atoms with Crippen LogP contribution in [0.3, 0.4) is 0 Å². The van der Waals surface area contributed by atoms with Gasteiger partial charge >= 0.3 is 32.6 Å². The Balaban J connectivity index is 1.63. The van der Waals surface area contributed by atoms with Gasteiger partial charge in [-0.1, -0.05) is 0 Å². The molecule has 0 aromatic heterocycles. The molecule has 2 aromatic carbocycles. The second kappa shape index (κ2) is 13.7. The summed E-state index contributed by atoms with van der Waals surface area (Å²) < 4.78 is 92.0. The van der Waals surface area contributed by atoms with Crippen LogP contribution in [0.25, 0.3) is 0 Å². The highest BCUT2D eigenvalue weighted by atomic mass is 19.4. The topological polar surface area (TPSA) is 201 Å². The van der Waals surface area contributed by atoms with Crippen LogP contribution >= 0.6 is 0 Å². The van der Waals surface area contributed by atoms with Gasteiger partial charge in [0.15, 0.2) is 0 Å². The van der Waals surface area contributed by atoms with Crippen LogP contribution < -0.4 is 26.9 Å². The van der Waals surface area contributed by atoms with E-state index in [9.17, 15) is 65.5 Å². The van der Waals surface area contributed by atoms with Gasteiger partial charge in [0.2, 0.25) is 5.91 Å². The van der Waals surface area contributed by atoms with E-state index >= 15 is 0 Å². The Bertz CT molecular complexity index is 1610. The minimum Gasteiger partial charge on any atom is -0.480 e. The first-order valence-electron chi connectivity index (χ1n) is 13.6. The monoisotopic (exact) mass is 673 g/mol. The number of halogens is 6. The Morgan fingerprint density at radius 3 is 1.74 bits per heavy atom. The number of fused-ring (bicyclic) bond motifs is 2. The third-order valence-corrected chi connectivity index (χ3v) is 7.28. The Labute approximate surface area is 260 Å².